The van der Waals surface area contributed by atoms with Crippen LogP contribution in [-0.4, -0.2) is 15.0 Å². The number of pyridine rings is 2. The Morgan fingerprint density at radius 1 is 0.920 bits per heavy atom. The third-order valence-corrected chi connectivity index (χ3v) is 4.58. The van der Waals surface area contributed by atoms with Crippen molar-refractivity contribution in [2.24, 2.45) is 0 Å². The molecule has 2 N–H and O–H groups in total. The van der Waals surface area contributed by atoms with Gasteiger partial charge in [0.2, 0.25) is 0 Å². The van der Waals surface area contributed by atoms with E-state index < -0.39 is 0 Å². The SMILES string of the molecule is Clc1cccc(Nc2nc3[nH]c4ccncc4c3c3ccccc23)c1. The van der Waals surface area contributed by atoms with Crippen molar-refractivity contribution in [1.29, 1.82) is 0 Å². The molecule has 0 amide bonds. The van der Waals surface area contributed by atoms with Crippen LogP contribution in [0.25, 0.3) is 32.7 Å². The molecule has 4 nitrogen and oxygen atoms in total. The Hall–Kier alpha value is -3.11. The minimum atomic E-state index is 0.687. The maximum atomic E-state index is 6.10. The van der Waals surface area contributed by atoms with Gasteiger partial charge in [0.1, 0.15) is 11.5 Å². The molecular weight excluding hydrogens is 332 g/mol. The molecular formula is C20H13ClN4. The van der Waals surface area contributed by atoms with Gasteiger partial charge in [0, 0.05) is 39.3 Å². The summed E-state index contributed by atoms with van der Waals surface area (Å²) in [7, 11) is 0. The van der Waals surface area contributed by atoms with Gasteiger partial charge in [0.25, 0.3) is 0 Å². The Bertz CT molecular complexity index is 1240. The van der Waals surface area contributed by atoms with Gasteiger partial charge in [-0.25, -0.2) is 4.98 Å². The van der Waals surface area contributed by atoms with Crippen molar-refractivity contribution in [3.63, 3.8) is 0 Å². The first-order valence-electron chi connectivity index (χ1n) is 7.96. The number of nitrogens with zero attached hydrogens (tertiary/aromatic N) is 2. The maximum absolute atomic E-state index is 6.10. The number of aromatic amines is 1. The van der Waals surface area contributed by atoms with Crippen LogP contribution in [0, 0.1) is 0 Å². The van der Waals surface area contributed by atoms with Gasteiger partial charge >= 0.3 is 0 Å². The van der Waals surface area contributed by atoms with Gasteiger partial charge in [-0.15, -0.1) is 0 Å². The third kappa shape index (κ3) is 2.30. The summed E-state index contributed by atoms with van der Waals surface area (Å²) in [5.74, 6) is 0.796. The van der Waals surface area contributed by atoms with Gasteiger partial charge in [-0.05, 0) is 29.7 Å². The van der Waals surface area contributed by atoms with Gasteiger partial charge in [0.05, 0.1) is 5.52 Å². The summed E-state index contributed by atoms with van der Waals surface area (Å²) >= 11 is 6.10. The van der Waals surface area contributed by atoms with Crippen molar-refractivity contribution in [2.75, 3.05) is 5.32 Å². The van der Waals surface area contributed by atoms with E-state index in [4.69, 9.17) is 16.6 Å². The number of hydrogen-bond donors (Lipinski definition) is 2. The summed E-state index contributed by atoms with van der Waals surface area (Å²) in [5.41, 5.74) is 2.77. The Morgan fingerprint density at radius 2 is 1.80 bits per heavy atom. The molecule has 0 aliphatic rings. The van der Waals surface area contributed by atoms with Crippen molar-refractivity contribution in [1.82, 2.24) is 15.0 Å². The molecule has 120 valence electrons. The monoisotopic (exact) mass is 344 g/mol. The Balaban J connectivity index is 1.82. The molecule has 0 unspecified atom stereocenters. The highest BCUT2D eigenvalue weighted by Crippen LogP contribution is 2.35. The van der Waals surface area contributed by atoms with Gasteiger partial charge in [-0.1, -0.05) is 41.9 Å². The van der Waals surface area contributed by atoms with Crippen LogP contribution in [0.3, 0.4) is 0 Å². The molecule has 3 aromatic heterocycles. The highest BCUT2D eigenvalue weighted by Gasteiger charge is 2.13. The van der Waals surface area contributed by atoms with Crippen LogP contribution < -0.4 is 5.32 Å². The zero-order valence-electron chi connectivity index (χ0n) is 13.1. The number of anilines is 2. The predicted octanol–water partition coefficient (Wildman–Crippen LogP) is 5.66. The molecule has 0 radical (unpaired) electrons. The molecule has 0 atom stereocenters. The Kier molecular flexibility index (Phi) is 3.11. The van der Waals surface area contributed by atoms with Crippen LogP contribution in [0.1, 0.15) is 0 Å². The van der Waals surface area contributed by atoms with E-state index in [-0.39, 0.29) is 0 Å². The highest BCUT2D eigenvalue weighted by molar-refractivity contribution is 6.30. The van der Waals surface area contributed by atoms with Gasteiger partial charge < -0.3 is 10.3 Å². The molecule has 0 aliphatic carbocycles. The van der Waals surface area contributed by atoms with Crippen LogP contribution in [0.4, 0.5) is 11.5 Å². The molecule has 3 heterocycles. The molecule has 0 saturated carbocycles. The molecule has 0 saturated heterocycles. The van der Waals surface area contributed by atoms with E-state index >= 15 is 0 Å². The molecule has 5 aromatic rings. The van der Waals surface area contributed by atoms with E-state index in [0.29, 0.717) is 5.02 Å². The summed E-state index contributed by atoms with van der Waals surface area (Å²) < 4.78 is 0. The number of halogens is 1. The zero-order valence-corrected chi connectivity index (χ0v) is 13.9. The zero-order chi connectivity index (χ0) is 16.8. The average molecular weight is 345 g/mol. The molecule has 5 heteroatoms. The Labute approximate surface area is 148 Å². The topological polar surface area (TPSA) is 53.6 Å². The van der Waals surface area contributed by atoms with E-state index in [1.165, 1.54) is 0 Å². The number of fused-ring (bicyclic) bond motifs is 5. The second-order valence-electron chi connectivity index (χ2n) is 5.91. The van der Waals surface area contributed by atoms with Gasteiger partial charge in [-0.2, -0.15) is 0 Å². The number of rotatable bonds is 2. The first-order chi connectivity index (χ1) is 12.3. The highest BCUT2D eigenvalue weighted by atomic mass is 35.5. The quantitative estimate of drug-likeness (QED) is 0.434. The molecule has 5 rings (SSSR count). The average Bonchev–Trinajstić information content (AvgIpc) is 3.00. The predicted molar refractivity (Wildman–Crippen MR) is 104 cm³/mol. The number of nitrogens with one attached hydrogen (secondary N) is 2. The van der Waals surface area contributed by atoms with E-state index in [9.17, 15) is 0 Å². The van der Waals surface area contributed by atoms with Crippen molar-refractivity contribution in [3.05, 3.63) is 72.0 Å². The van der Waals surface area contributed by atoms with Crippen molar-refractivity contribution >= 4 is 55.8 Å². The van der Waals surface area contributed by atoms with Crippen molar-refractivity contribution < 1.29 is 0 Å². The first kappa shape index (κ1) is 14.3. The van der Waals surface area contributed by atoms with E-state index in [1.54, 1.807) is 6.20 Å². The lowest BCUT2D eigenvalue weighted by atomic mass is 10.1. The normalized spacial score (nSPS) is 11.4. The molecule has 0 fully saturated rings. The molecule has 2 aromatic carbocycles. The largest absolute Gasteiger partial charge is 0.340 e. The molecule has 0 aliphatic heterocycles. The van der Waals surface area contributed by atoms with Crippen LogP contribution >= 0.6 is 11.6 Å². The van der Waals surface area contributed by atoms with Gasteiger partial charge in [-0.3, -0.25) is 4.98 Å². The minimum Gasteiger partial charge on any atom is -0.340 e. The number of benzene rings is 2. The van der Waals surface area contributed by atoms with Crippen LogP contribution in [0.2, 0.25) is 5.02 Å². The van der Waals surface area contributed by atoms with Crippen LogP contribution in [0.5, 0.6) is 0 Å². The summed E-state index contributed by atoms with van der Waals surface area (Å²) in [5, 5.41) is 8.44. The summed E-state index contributed by atoms with van der Waals surface area (Å²) in [6.07, 6.45) is 3.66. The summed E-state index contributed by atoms with van der Waals surface area (Å²) in [6, 6.07) is 17.8. The lowest BCUT2D eigenvalue weighted by Crippen LogP contribution is -1.95. The number of hydrogen-bond acceptors (Lipinski definition) is 3. The fourth-order valence-electron chi connectivity index (χ4n) is 3.25. The standard InChI is InChI=1S/C20H13ClN4/c21-12-4-3-5-13(10-12)23-19-15-7-2-1-6-14(15)18-16-11-22-9-8-17(16)24-20(18)25-19/h1-11H,(H2,23,24,25). The Morgan fingerprint density at radius 3 is 2.68 bits per heavy atom. The second-order valence-corrected chi connectivity index (χ2v) is 6.35. The fraction of sp³-hybridized carbons (Fsp3) is 0. The lowest BCUT2D eigenvalue weighted by Gasteiger charge is -2.10. The summed E-state index contributed by atoms with van der Waals surface area (Å²) in [6.45, 7) is 0. The molecule has 0 spiro atoms. The molecule has 25 heavy (non-hydrogen) atoms. The second kappa shape index (κ2) is 5.46. The van der Waals surface area contributed by atoms with Crippen LogP contribution in [-0.2, 0) is 0 Å². The fourth-order valence-corrected chi connectivity index (χ4v) is 3.44. The first-order valence-corrected chi connectivity index (χ1v) is 8.34. The number of aromatic nitrogens is 3. The number of H-pyrrole nitrogens is 1. The maximum Gasteiger partial charge on any atom is 0.141 e. The van der Waals surface area contributed by atoms with Crippen LogP contribution in [0.15, 0.2) is 67.0 Å². The summed E-state index contributed by atoms with van der Waals surface area (Å²) in [4.78, 5) is 12.5. The smallest absolute Gasteiger partial charge is 0.141 e. The van der Waals surface area contributed by atoms with Crippen molar-refractivity contribution in [3.8, 4) is 0 Å². The van der Waals surface area contributed by atoms with E-state index in [0.717, 1.165) is 44.2 Å². The minimum absolute atomic E-state index is 0.687. The van der Waals surface area contributed by atoms with E-state index in [1.807, 2.05) is 48.7 Å². The van der Waals surface area contributed by atoms with E-state index in [2.05, 4.69) is 27.4 Å². The van der Waals surface area contributed by atoms with Crippen molar-refractivity contribution in [2.45, 2.75) is 0 Å². The third-order valence-electron chi connectivity index (χ3n) is 4.34. The van der Waals surface area contributed by atoms with Gasteiger partial charge in [0.15, 0.2) is 0 Å². The molecule has 0 bridgehead atoms. The lowest BCUT2D eigenvalue weighted by molar-refractivity contribution is 1.33.